The van der Waals surface area contributed by atoms with E-state index in [4.69, 9.17) is 18.3 Å². The second-order valence-corrected chi connectivity index (χ2v) is 15.0. The summed E-state index contributed by atoms with van der Waals surface area (Å²) in [5.74, 6) is 1.65. The molecule has 0 N–H and O–H groups in total. The van der Waals surface area contributed by atoms with Crippen LogP contribution in [0.5, 0.6) is 0 Å². The maximum absolute atomic E-state index is 6.91. The van der Waals surface area contributed by atoms with E-state index < -0.39 is 8.80 Å². The second kappa shape index (κ2) is 20.1. The van der Waals surface area contributed by atoms with Gasteiger partial charge in [0.2, 0.25) is 0 Å². The number of hydrogen-bond acceptors (Lipinski definition) is 5. The highest BCUT2D eigenvalue weighted by molar-refractivity contribution is 7.18. The van der Waals surface area contributed by atoms with Crippen LogP contribution < -0.4 is 0 Å². The van der Waals surface area contributed by atoms with Gasteiger partial charge in [-0.25, -0.2) is 4.98 Å². The molecule has 1 aromatic carbocycles. The van der Waals surface area contributed by atoms with E-state index in [9.17, 15) is 0 Å². The molecular formula is C33H58NO3SSi. The molecule has 3 unspecified atom stereocenters. The van der Waals surface area contributed by atoms with E-state index >= 15 is 0 Å². The molecule has 1 radical (unpaired) electrons. The van der Waals surface area contributed by atoms with Crippen molar-refractivity contribution < 1.29 is 13.3 Å². The van der Waals surface area contributed by atoms with Gasteiger partial charge in [0.25, 0.3) is 0 Å². The number of para-hydroxylation sites is 1. The van der Waals surface area contributed by atoms with Gasteiger partial charge in [-0.2, -0.15) is 0 Å². The minimum atomic E-state index is -2.97. The molecular weight excluding hydrogens is 519 g/mol. The first-order valence-electron chi connectivity index (χ1n) is 16.1. The maximum atomic E-state index is 6.91. The number of thiazole rings is 1. The molecule has 3 atom stereocenters. The van der Waals surface area contributed by atoms with Crippen LogP contribution in [-0.2, 0) is 13.3 Å². The smallest absolute Gasteiger partial charge is 0.373 e. The van der Waals surface area contributed by atoms with Crippen LogP contribution in [0.1, 0.15) is 124 Å². The molecule has 0 saturated carbocycles. The summed E-state index contributed by atoms with van der Waals surface area (Å²) in [6, 6.07) is 9.07. The van der Waals surface area contributed by atoms with Crippen molar-refractivity contribution in [1.29, 1.82) is 0 Å². The van der Waals surface area contributed by atoms with Crippen LogP contribution in [0.2, 0.25) is 6.04 Å². The Morgan fingerprint density at radius 3 is 1.59 bits per heavy atom. The van der Waals surface area contributed by atoms with Crippen molar-refractivity contribution in [2.24, 2.45) is 17.8 Å². The fourth-order valence-corrected chi connectivity index (χ4v) is 8.48. The minimum absolute atomic E-state index is 0.551. The molecule has 0 aliphatic carbocycles. The van der Waals surface area contributed by atoms with Gasteiger partial charge in [-0.05, 0) is 49.1 Å². The van der Waals surface area contributed by atoms with Crippen LogP contribution in [0.3, 0.4) is 0 Å². The lowest BCUT2D eigenvalue weighted by Crippen LogP contribution is -2.49. The van der Waals surface area contributed by atoms with Crippen molar-refractivity contribution in [2.45, 2.75) is 125 Å². The molecule has 0 aliphatic rings. The fraction of sp³-hybridized carbons (Fsp3) is 0.758. The average Bonchev–Trinajstić information content (AvgIpc) is 3.39. The lowest BCUT2D eigenvalue weighted by atomic mass is 10.0. The Hall–Kier alpha value is -0.793. The number of hydrogen-bond donors (Lipinski definition) is 0. The molecule has 4 nitrogen and oxygen atoms in total. The molecule has 2 aromatic rings. The normalized spacial score (nSPS) is 15.8. The van der Waals surface area contributed by atoms with Crippen LogP contribution in [0.15, 0.2) is 24.3 Å². The van der Waals surface area contributed by atoms with Gasteiger partial charge in [-0.1, -0.05) is 111 Å². The molecule has 0 amide bonds. The summed E-state index contributed by atoms with van der Waals surface area (Å²) in [7, 11) is -2.97. The Morgan fingerprint density at radius 1 is 0.718 bits per heavy atom. The largest absolute Gasteiger partial charge is 0.501 e. The van der Waals surface area contributed by atoms with E-state index in [-0.39, 0.29) is 0 Å². The molecule has 0 saturated heterocycles. The van der Waals surface area contributed by atoms with Crippen LogP contribution in [0, 0.1) is 24.2 Å². The number of rotatable bonds is 24. The van der Waals surface area contributed by atoms with Gasteiger partial charge < -0.3 is 13.3 Å². The lowest BCUT2D eigenvalue weighted by Gasteiger charge is -2.34. The molecule has 0 fully saturated rings. The van der Waals surface area contributed by atoms with Gasteiger partial charge in [0, 0.05) is 32.3 Å². The zero-order valence-corrected chi connectivity index (χ0v) is 27.8. The minimum Gasteiger partial charge on any atom is -0.373 e. The molecule has 2 rings (SSSR count). The molecule has 0 spiro atoms. The van der Waals surface area contributed by atoms with Crippen molar-refractivity contribution in [2.75, 3.05) is 19.8 Å². The van der Waals surface area contributed by atoms with Crippen molar-refractivity contribution in [3.63, 3.8) is 0 Å². The Morgan fingerprint density at radius 2 is 1.18 bits per heavy atom. The predicted octanol–water partition coefficient (Wildman–Crippen LogP) is 10.5. The monoisotopic (exact) mass is 576 g/mol. The fourth-order valence-electron chi connectivity index (χ4n) is 4.92. The number of benzene rings is 1. The Bertz CT molecular complexity index is 792. The summed E-state index contributed by atoms with van der Waals surface area (Å²) in [6.07, 6.45) is 16.7. The number of nitrogens with zero attached hydrogens (tertiary/aromatic N) is 1. The quantitative estimate of drug-likeness (QED) is 0.117. The summed E-state index contributed by atoms with van der Waals surface area (Å²) < 4.78 is 22.0. The van der Waals surface area contributed by atoms with E-state index in [1.807, 2.05) is 0 Å². The third-order valence-electron chi connectivity index (χ3n) is 8.08. The van der Waals surface area contributed by atoms with E-state index in [1.165, 1.54) is 62.5 Å². The summed E-state index contributed by atoms with van der Waals surface area (Å²) in [5, 5.41) is 1.04. The maximum Gasteiger partial charge on any atom is 0.501 e. The van der Waals surface area contributed by atoms with Gasteiger partial charge in [-0.3, -0.25) is 0 Å². The number of aromatic nitrogens is 1. The third kappa shape index (κ3) is 12.7. The summed E-state index contributed by atoms with van der Waals surface area (Å²) in [6.45, 7) is 15.9. The van der Waals surface area contributed by atoms with E-state index in [2.05, 4.69) is 72.2 Å². The zero-order chi connectivity index (χ0) is 28.3. The second-order valence-electron chi connectivity index (χ2n) is 11.3. The first-order valence-corrected chi connectivity index (χ1v) is 18.9. The van der Waals surface area contributed by atoms with Crippen LogP contribution in [0.4, 0.5) is 0 Å². The van der Waals surface area contributed by atoms with Gasteiger partial charge in [0.1, 0.15) is 0 Å². The van der Waals surface area contributed by atoms with E-state index in [0.717, 1.165) is 49.6 Å². The summed E-state index contributed by atoms with van der Waals surface area (Å²) >= 11 is 1.75. The molecule has 0 aliphatic heterocycles. The highest BCUT2D eigenvalue weighted by atomic mass is 32.1. The summed E-state index contributed by atoms with van der Waals surface area (Å²) in [5.41, 5.74) is 1.06. The third-order valence-corrected chi connectivity index (χ3v) is 11.6. The Labute approximate surface area is 246 Å². The molecule has 6 heteroatoms. The lowest BCUT2D eigenvalue weighted by molar-refractivity contribution is 0.0261. The van der Waals surface area contributed by atoms with Crippen LogP contribution in [0.25, 0.3) is 10.2 Å². The number of unbranched alkanes of at least 4 members (excludes halogenated alkanes) is 3. The van der Waals surface area contributed by atoms with E-state index in [0.29, 0.717) is 23.8 Å². The molecule has 0 bridgehead atoms. The van der Waals surface area contributed by atoms with Crippen molar-refractivity contribution >= 4 is 30.4 Å². The van der Waals surface area contributed by atoms with Crippen molar-refractivity contribution in [3.05, 3.63) is 35.7 Å². The summed E-state index contributed by atoms with van der Waals surface area (Å²) in [4.78, 5) is 4.89. The van der Waals surface area contributed by atoms with Crippen molar-refractivity contribution in [3.8, 4) is 0 Å². The van der Waals surface area contributed by atoms with Crippen LogP contribution >= 0.6 is 11.3 Å². The molecule has 1 aromatic heterocycles. The first kappa shape index (κ1) is 34.4. The van der Waals surface area contributed by atoms with Gasteiger partial charge in [0.15, 0.2) is 0 Å². The van der Waals surface area contributed by atoms with Crippen molar-refractivity contribution in [1.82, 2.24) is 4.98 Å². The Balaban J connectivity index is 2.28. The highest BCUT2D eigenvalue weighted by Crippen LogP contribution is 2.30. The topological polar surface area (TPSA) is 40.6 Å². The molecule has 223 valence electrons. The SMILES string of the molecule is CCCCC(CC)CO[Si](C[CH]c1nc2ccccc2s1)(OCC(CC)CCCC)OCC(CC)CCCC. The number of fused-ring (bicyclic) bond motifs is 1. The molecule has 39 heavy (non-hydrogen) atoms. The first-order chi connectivity index (χ1) is 19.0. The van der Waals surface area contributed by atoms with E-state index in [1.54, 1.807) is 11.3 Å². The molecule has 1 heterocycles. The average molecular weight is 577 g/mol. The van der Waals surface area contributed by atoms with Gasteiger partial charge in [-0.15, -0.1) is 11.3 Å². The van der Waals surface area contributed by atoms with Gasteiger partial charge in [0.05, 0.1) is 15.2 Å². The van der Waals surface area contributed by atoms with Gasteiger partial charge >= 0.3 is 8.80 Å². The zero-order valence-electron chi connectivity index (χ0n) is 26.0. The highest BCUT2D eigenvalue weighted by Gasteiger charge is 2.43. The standard InChI is InChI=1S/C33H58NO3SSi/c1-7-13-18-28(10-4)25-35-39(36-26-29(11-5)19-14-8-2,37-27-30(12-6)20-15-9-3)24-23-33-34-31-21-16-17-22-32(31)38-33/h16-17,21-23,28-30H,7-15,18-20,24-27H2,1-6H3. The predicted molar refractivity (Wildman–Crippen MR) is 171 cm³/mol. The Kier molecular flexibility index (Phi) is 17.8. The van der Waals surface area contributed by atoms with Crippen LogP contribution in [-0.4, -0.2) is 33.6 Å².